The lowest BCUT2D eigenvalue weighted by Crippen LogP contribution is -2.43. The van der Waals surface area contributed by atoms with Gasteiger partial charge < -0.3 is 15.3 Å². The molecule has 0 spiro atoms. The van der Waals surface area contributed by atoms with Crippen molar-refractivity contribution >= 4 is 16.5 Å². The predicted molar refractivity (Wildman–Crippen MR) is 80.8 cm³/mol. The molecule has 1 aliphatic rings. The number of aliphatic hydroxyl groups is 1. The SMILES string of the molecule is CC(C)[C@H](O)CCNC1CCN(c2nccs2)CC1. The van der Waals surface area contributed by atoms with Gasteiger partial charge in [-0.1, -0.05) is 13.8 Å². The van der Waals surface area contributed by atoms with Crippen LogP contribution in [0.5, 0.6) is 0 Å². The minimum absolute atomic E-state index is 0.178. The van der Waals surface area contributed by atoms with Gasteiger partial charge in [-0.25, -0.2) is 4.98 Å². The monoisotopic (exact) mass is 283 g/mol. The van der Waals surface area contributed by atoms with E-state index in [1.807, 2.05) is 11.6 Å². The number of rotatable bonds is 6. The van der Waals surface area contributed by atoms with Crippen molar-refractivity contribution in [3.63, 3.8) is 0 Å². The van der Waals surface area contributed by atoms with Gasteiger partial charge in [0.05, 0.1) is 6.10 Å². The zero-order valence-electron chi connectivity index (χ0n) is 11.9. The molecule has 5 heteroatoms. The first-order valence-electron chi connectivity index (χ1n) is 7.22. The minimum atomic E-state index is -0.178. The highest BCUT2D eigenvalue weighted by Gasteiger charge is 2.20. The summed E-state index contributed by atoms with van der Waals surface area (Å²) in [6.45, 7) is 7.21. The Morgan fingerprint density at radius 2 is 2.21 bits per heavy atom. The van der Waals surface area contributed by atoms with Crippen LogP contribution in [-0.4, -0.2) is 41.9 Å². The molecule has 1 fully saturated rings. The van der Waals surface area contributed by atoms with Crippen LogP contribution in [0.2, 0.25) is 0 Å². The Labute approximate surface area is 119 Å². The summed E-state index contributed by atoms with van der Waals surface area (Å²) >= 11 is 1.72. The van der Waals surface area contributed by atoms with E-state index < -0.39 is 0 Å². The number of hydrogen-bond donors (Lipinski definition) is 2. The van der Waals surface area contributed by atoms with Gasteiger partial charge in [-0.2, -0.15) is 0 Å². The topological polar surface area (TPSA) is 48.4 Å². The van der Waals surface area contributed by atoms with Gasteiger partial charge in [0.2, 0.25) is 0 Å². The number of anilines is 1. The first-order valence-corrected chi connectivity index (χ1v) is 8.10. The summed E-state index contributed by atoms with van der Waals surface area (Å²) in [6.07, 6.45) is 4.87. The summed E-state index contributed by atoms with van der Waals surface area (Å²) < 4.78 is 0. The fourth-order valence-electron chi connectivity index (χ4n) is 2.42. The Morgan fingerprint density at radius 1 is 1.47 bits per heavy atom. The second-order valence-corrected chi connectivity index (χ2v) is 6.50. The van der Waals surface area contributed by atoms with Gasteiger partial charge >= 0.3 is 0 Å². The van der Waals surface area contributed by atoms with E-state index in [1.165, 1.54) is 0 Å². The summed E-state index contributed by atoms with van der Waals surface area (Å²) in [4.78, 5) is 6.73. The van der Waals surface area contributed by atoms with E-state index in [1.54, 1.807) is 11.3 Å². The number of piperidine rings is 1. The summed E-state index contributed by atoms with van der Waals surface area (Å²) in [5.41, 5.74) is 0. The normalized spacial score (nSPS) is 19.1. The molecule has 1 saturated heterocycles. The molecule has 0 amide bonds. The second kappa shape index (κ2) is 7.22. The van der Waals surface area contributed by atoms with E-state index in [9.17, 15) is 5.11 Å². The lowest BCUT2D eigenvalue weighted by Gasteiger charge is -2.32. The zero-order valence-corrected chi connectivity index (χ0v) is 12.7. The molecular weight excluding hydrogens is 258 g/mol. The molecule has 0 saturated carbocycles. The molecule has 0 bridgehead atoms. The van der Waals surface area contributed by atoms with Crippen molar-refractivity contribution < 1.29 is 5.11 Å². The van der Waals surface area contributed by atoms with E-state index in [0.717, 1.165) is 44.0 Å². The van der Waals surface area contributed by atoms with Crippen molar-refractivity contribution in [1.82, 2.24) is 10.3 Å². The fraction of sp³-hybridized carbons (Fsp3) is 0.786. The number of hydrogen-bond acceptors (Lipinski definition) is 5. The standard InChI is InChI=1S/C14H25N3OS/c1-11(2)13(18)3-6-15-12-4-8-17(9-5-12)14-16-7-10-19-14/h7,10-13,15,18H,3-6,8-9H2,1-2H3/t13-/m1/s1. The Kier molecular flexibility index (Phi) is 5.60. The number of aliphatic hydroxyl groups excluding tert-OH is 1. The van der Waals surface area contributed by atoms with Crippen LogP contribution in [0.15, 0.2) is 11.6 Å². The maximum Gasteiger partial charge on any atom is 0.185 e. The Balaban J connectivity index is 1.64. The molecule has 0 aromatic carbocycles. The third kappa shape index (κ3) is 4.44. The lowest BCUT2D eigenvalue weighted by atomic mass is 10.0. The molecule has 2 N–H and O–H groups in total. The second-order valence-electron chi connectivity index (χ2n) is 5.63. The van der Waals surface area contributed by atoms with Crippen molar-refractivity contribution in [2.45, 2.75) is 45.3 Å². The molecule has 0 aliphatic carbocycles. The summed E-state index contributed by atoms with van der Waals surface area (Å²) in [6, 6.07) is 0.593. The Bertz CT molecular complexity index is 348. The Morgan fingerprint density at radius 3 is 2.79 bits per heavy atom. The van der Waals surface area contributed by atoms with Crippen LogP contribution in [0, 0.1) is 5.92 Å². The molecule has 1 atom stereocenters. The van der Waals surface area contributed by atoms with Crippen LogP contribution in [0.3, 0.4) is 0 Å². The largest absolute Gasteiger partial charge is 0.393 e. The summed E-state index contributed by atoms with van der Waals surface area (Å²) in [7, 11) is 0. The molecule has 0 unspecified atom stereocenters. The fourth-order valence-corrected chi connectivity index (χ4v) is 3.11. The predicted octanol–water partition coefficient (Wildman–Crippen LogP) is 2.11. The van der Waals surface area contributed by atoms with Crippen molar-refractivity contribution in [2.75, 3.05) is 24.5 Å². The van der Waals surface area contributed by atoms with Crippen molar-refractivity contribution in [2.24, 2.45) is 5.92 Å². The molecule has 2 heterocycles. The molecule has 19 heavy (non-hydrogen) atoms. The summed E-state index contributed by atoms with van der Waals surface area (Å²) in [5.74, 6) is 0.355. The highest BCUT2D eigenvalue weighted by atomic mass is 32.1. The lowest BCUT2D eigenvalue weighted by molar-refractivity contribution is 0.114. The zero-order chi connectivity index (χ0) is 13.7. The molecule has 0 radical (unpaired) electrons. The van der Waals surface area contributed by atoms with Crippen LogP contribution >= 0.6 is 11.3 Å². The van der Waals surface area contributed by atoms with Crippen LogP contribution in [0.25, 0.3) is 0 Å². The minimum Gasteiger partial charge on any atom is -0.393 e. The van der Waals surface area contributed by atoms with Crippen LogP contribution < -0.4 is 10.2 Å². The number of nitrogens with zero attached hydrogens (tertiary/aromatic N) is 2. The molecule has 1 aromatic heterocycles. The van der Waals surface area contributed by atoms with E-state index in [4.69, 9.17) is 0 Å². The van der Waals surface area contributed by atoms with E-state index in [0.29, 0.717) is 12.0 Å². The van der Waals surface area contributed by atoms with E-state index in [-0.39, 0.29) is 6.10 Å². The van der Waals surface area contributed by atoms with Crippen molar-refractivity contribution in [3.05, 3.63) is 11.6 Å². The van der Waals surface area contributed by atoms with E-state index in [2.05, 4.69) is 29.0 Å². The molecule has 4 nitrogen and oxygen atoms in total. The number of thiazole rings is 1. The van der Waals surface area contributed by atoms with Gasteiger partial charge in [-0.05, 0) is 31.7 Å². The van der Waals surface area contributed by atoms with Gasteiger partial charge in [0.15, 0.2) is 5.13 Å². The molecule has 1 aliphatic heterocycles. The molecule has 1 aromatic rings. The quantitative estimate of drug-likeness (QED) is 0.839. The average molecular weight is 283 g/mol. The Hall–Kier alpha value is -0.650. The summed E-state index contributed by atoms with van der Waals surface area (Å²) in [5, 5.41) is 16.5. The van der Waals surface area contributed by atoms with E-state index >= 15 is 0 Å². The first-order chi connectivity index (χ1) is 9.16. The molecular formula is C14H25N3OS. The highest BCUT2D eigenvalue weighted by Crippen LogP contribution is 2.21. The van der Waals surface area contributed by atoms with Gasteiger partial charge in [0.25, 0.3) is 0 Å². The highest BCUT2D eigenvalue weighted by molar-refractivity contribution is 7.13. The van der Waals surface area contributed by atoms with Crippen molar-refractivity contribution in [1.29, 1.82) is 0 Å². The third-order valence-electron chi connectivity index (χ3n) is 3.83. The molecule has 2 rings (SSSR count). The maximum atomic E-state index is 9.77. The van der Waals surface area contributed by atoms with Gasteiger partial charge in [0.1, 0.15) is 0 Å². The van der Waals surface area contributed by atoms with Crippen LogP contribution in [0.1, 0.15) is 33.1 Å². The van der Waals surface area contributed by atoms with Crippen LogP contribution in [0.4, 0.5) is 5.13 Å². The van der Waals surface area contributed by atoms with Gasteiger partial charge in [0, 0.05) is 30.7 Å². The third-order valence-corrected chi connectivity index (χ3v) is 4.66. The molecule has 108 valence electrons. The van der Waals surface area contributed by atoms with Crippen molar-refractivity contribution in [3.8, 4) is 0 Å². The average Bonchev–Trinajstić information content (AvgIpc) is 2.93. The smallest absolute Gasteiger partial charge is 0.185 e. The van der Waals surface area contributed by atoms with Gasteiger partial charge in [-0.3, -0.25) is 0 Å². The number of nitrogens with one attached hydrogen (secondary N) is 1. The maximum absolute atomic E-state index is 9.77. The van der Waals surface area contributed by atoms with Crippen LogP contribution in [-0.2, 0) is 0 Å². The van der Waals surface area contributed by atoms with Gasteiger partial charge in [-0.15, -0.1) is 11.3 Å². The first kappa shape index (κ1) is 14.8. The number of aromatic nitrogens is 1.